The van der Waals surface area contributed by atoms with Crippen LogP contribution >= 0.6 is 31.9 Å². The van der Waals surface area contributed by atoms with Gasteiger partial charge in [0.25, 0.3) is 0 Å². The quantitative estimate of drug-likeness (QED) is 0.566. The molecule has 0 radical (unpaired) electrons. The van der Waals surface area contributed by atoms with Crippen molar-refractivity contribution in [2.75, 3.05) is 0 Å². The standard InChI is InChI=1S/C3H2Br2O2.Ga.3H/c4-1-2(5)3(6)7;;;;/h1H,(H,6,7);;;;. The Balaban J connectivity index is 0. The molecule has 0 aliphatic rings. The van der Waals surface area contributed by atoms with Gasteiger partial charge in [0.15, 0.2) is 0 Å². The molecule has 1 N–H and O–H groups in total. The molecule has 0 spiro atoms. The molecule has 0 aromatic rings. The van der Waals surface area contributed by atoms with Crippen molar-refractivity contribution in [1.29, 1.82) is 0 Å². The summed E-state index contributed by atoms with van der Waals surface area (Å²) in [6.45, 7) is 0. The van der Waals surface area contributed by atoms with Gasteiger partial charge < -0.3 is 5.11 Å². The van der Waals surface area contributed by atoms with Crippen LogP contribution in [0.15, 0.2) is 9.47 Å². The van der Waals surface area contributed by atoms with Crippen molar-refractivity contribution in [2.24, 2.45) is 0 Å². The van der Waals surface area contributed by atoms with Crippen molar-refractivity contribution in [2.45, 2.75) is 0 Å². The maximum atomic E-state index is 9.79. The first-order valence-corrected chi connectivity index (χ1v) is 3.08. The second-order valence-corrected chi connectivity index (χ2v) is 2.07. The Morgan fingerprint density at radius 3 is 2.00 bits per heavy atom. The average Bonchev–Trinajstić information content (AvgIpc) is 1.65. The van der Waals surface area contributed by atoms with Crippen LogP contribution in [0.1, 0.15) is 0 Å². The van der Waals surface area contributed by atoms with Crippen molar-refractivity contribution in [3.8, 4) is 0 Å². The van der Waals surface area contributed by atoms with Crippen molar-refractivity contribution >= 4 is 57.6 Å². The number of carbonyl (C=O) groups is 1. The first kappa shape index (κ1) is 11.6. The number of carboxylic acid groups (broad SMARTS) is 1. The van der Waals surface area contributed by atoms with Crippen LogP contribution in [0, 0.1) is 0 Å². The van der Waals surface area contributed by atoms with Gasteiger partial charge in [0.2, 0.25) is 0 Å². The molecule has 0 aromatic carbocycles. The van der Waals surface area contributed by atoms with E-state index < -0.39 is 5.97 Å². The predicted octanol–water partition coefficient (Wildman–Crippen LogP) is 0.518. The molecule has 0 aliphatic carbocycles. The van der Waals surface area contributed by atoms with Crippen LogP contribution in [0.2, 0.25) is 0 Å². The summed E-state index contributed by atoms with van der Waals surface area (Å²) in [5.41, 5.74) is 0. The topological polar surface area (TPSA) is 37.3 Å². The monoisotopic (exact) mass is 300 g/mol. The SMILES string of the molecule is O=C(O)C(Br)=CBr.[GaH3]. The second-order valence-electron chi connectivity index (χ2n) is 0.762. The molecule has 5 heteroatoms. The van der Waals surface area contributed by atoms with E-state index in [-0.39, 0.29) is 24.3 Å². The molecule has 0 atom stereocenters. The first-order chi connectivity index (χ1) is 3.18. The average molecular weight is 303 g/mol. The Bertz CT molecular complexity index is 112. The molecule has 0 fully saturated rings. The summed E-state index contributed by atoms with van der Waals surface area (Å²) in [7, 11) is 0. The van der Waals surface area contributed by atoms with E-state index in [0.717, 1.165) is 0 Å². The minimum atomic E-state index is -0.975. The van der Waals surface area contributed by atoms with E-state index in [0.29, 0.717) is 0 Å². The van der Waals surface area contributed by atoms with Crippen molar-refractivity contribution < 1.29 is 9.90 Å². The van der Waals surface area contributed by atoms with E-state index in [9.17, 15) is 4.79 Å². The summed E-state index contributed by atoms with van der Waals surface area (Å²) >= 11 is 5.58. The van der Waals surface area contributed by atoms with Gasteiger partial charge in [-0.15, -0.1) is 0 Å². The van der Waals surface area contributed by atoms with Crippen LogP contribution < -0.4 is 0 Å². The van der Waals surface area contributed by atoms with Crippen molar-refractivity contribution in [3.05, 3.63) is 9.47 Å². The van der Waals surface area contributed by atoms with Crippen LogP contribution in [0.25, 0.3) is 0 Å². The Morgan fingerprint density at radius 2 is 2.00 bits per heavy atom. The molecule has 0 rings (SSSR count). The van der Waals surface area contributed by atoms with Crippen molar-refractivity contribution in [3.63, 3.8) is 0 Å². The van der Waals surface area contributed by atoms with Gasteiger partial charge in [-0.1, -0.05) is 15.9 Å². The van der Waals surface area contributed by atoms with E-state index in [2.05, 4.69) is 31.9 Å². The molecule has 0 heterocycles. The fourth-order valence-electron chi connectivity index (χ4n) is 0.0467. The summed E-state index contributed by atoms with van der Waals surface area (Å²) in [6, 6.07) is 0. The van der Waals surface area contributed by atoms with E-state index in [1.807, 2.05) is 0 Å². The third-order valence-corrected chi connectivity index (χ3v) is 1.94. The summed E-state index contributed by atoms with van der Waals surface area (Å²) in [5.74, 6) is -0.975. The van der Waals surface area contributed by atoms with E-state index in [1.165, 1.54) is 4.99 Å². The van der Waals surface area contributed by atoms with Gasteiger partial charge in [-0.05, 0) is 15.9 Å². The van der Waals surface area contributed by atoms with E-state index in [1.54, 1.807) is 0 Å². The molecule has 2 nitrogen and oxygen atoms in total. The Hall–Kier alpha value is 0.806. The molecule has 0 bridgehead atoms. The third kappa shape index (κ3) is 4.95. The Labute approximate surface area is 76.7 Å². The molecule has 0 unspecified atom stereocenters. The zero-order chi connectivity index (χ0) is 5.86. The molecule has 0 saturated carbocycles. The van der Waals surface area contributed by atoms with Gasteiger partial charge in [0.05, 0.1) is 0 Å². The number of hydrogen-bond acceptors (Lipinski definition) is 1. The van der Waals surface area contributed by atoms with Crippen LogP contribution in [0.5, 0.6) is 0 Å². The van der Waals surface area contributed by atoms with Gasteiger partial charge in [0, 0.05) is 4.99 Å². The molecule has 0 amide bonds. The third-order valence-electron chi connectivity index (χ3n) is 0.300. The van der Waals surface area contributed by atoms with Gasteiger partial charge in [-0.2, -0.15) is 0 Å². The molecule has 0 aliphatic heterocycles. The number of rotatable bonds is 1. The number of carboxylic acids is 1. The maximum absolute atomic E-state index is 9.79. The predicted molar refractivity (Wildman–Crippen MR) is 43.5 cm³/mol. The van der Waals surface area contributed by atoms with Gasteiger partial charge in [0.1, 0.15) is 4.48 Å². The molecule has 46 valence electrons. The Morgan fingerprint density at radius 1 is 1.62 bits per heavy atom. The summed E-state index contributed by atoms with van der Waals surface area (Å²) < 4.78 is 0.118. The minimum absolute atomic E-state index is 0. The number of hydrogen-bond donors (Lipinski definition) is 1. The number of halogens is 2. The fraction of sp³-hybridized carbons (Fsp3) is 0. The van der Waals surface area contributed by atoms with E-state index in [4.69, 9.17) is 5.11 Å². The van der Waals surface area contributed by atoms with E-state index >= 15 is 0 Å². The summed E-state index contributed by atoms with van der Waals surface area (Å²) in [4.78, 5) is 11.1. The molecule has 8 heavy (non-hydrogen) atoms. The molecular formula is C3H5Br2GaO2. The molecular weight excluding hydrogens is 298 g/mol. The number of aliphatic carboxylic acids is 1. The zero-order valence-electron chi connectivity index (χ0n) is 3.19. The second kappa shape index (κ2) is 5.93. The Kier molecular flexibility index (Phi) is 8.59. The molecule has 0 saturated heterocycles. The first-order valence-electron chi connectivity index (χ1n) is 1.37. The van der Waals surface area contributed by atoms with Crippen LogP contribution in [-0.4, -0.2) is 30.9 Å². The van der Waals surface area contributed by atoms with Gasteiger partial charge in [-0.3, -0.25) is 0 Å². The van der Waals surface area contributed by atoms with Crippen LogP contribution in [0.4, 0.5) is 0 Å². The fourth-order valence-corrected chi connectivity index (χ4v) is 0.243. The summed E-state index contributed by atoms with van der Waals surface area (Å²) in [6.07, 6.45) is 0. The van der Waals surface area contributed by atoms with Gasteiger partial charge >= 0.3 is 25.8 Å². The van der Waals surface area contributed by atoms with Crippen LogP contribution in [0.3, 0.4) is 0 Å². The van der Waals surface area contributed by atoms with Crippen molar-refractivity contribution in [1.82, 2.24) is 0 Å². The normalized spacial score (nSPS) is 10.0. The van der Waals surface area contributed by atoms with Gasteiger partial charge in [-0.25, -0.2) is 4.79 Å². The van der Waals surface area contributed by atoms with Crippen LogP contribution in [-0.2, 0) is 4.79 Å². The summed E-state index contributed by atoms with van der Waals surface area (Å²) in [5, 5.41) is 8.04. The zero-order valence-corrected chi connectivity index (χ0v) is 6.36. The molecule has 0 aromatic heterocycles.